The quantitative estimate of drug-likeness (QED) is 0.350. The predicted molar refractivity (Wildman–Crippen MR) is 81.3 cm³/mol. The van der Waals surface area contributed by atoms with E-state index in [0.717, 1.165) is 24.5 Å². The second-order valence-corrected chi connectivity index (χ2v) is 6.78. The molecule has 0 aliphatic rings. The second-order valence-electron chi connectivity index (χ2n) is 4.35. The van der Waals surface area contributed by atoms with E-state index in [1.807, 2.05) is 0 Å². The molecule has 0 amide bonds. The number of nitro benzene ring substituents is 1. The van der Waals surface area contributed by atoms with Crippen molar-refractivity contribution in [2.45, 2.75) is 11.8 Å². The second kappa shape index (κ2) is 6.34. The van der Waals surface area contributed by atoms with Gasteiger partial charge in [0.15, 0.2) is 10.6 Å². The number of nitro groups is 1. The van der Waals surface area contributed by atoms with Gasteiger partial charge in [-0.2, -0.15) is 8.42 Å². The molecule has 0 unspecified atom stereocenters. The monoisotopic (exact) mass is 357 g/mol. The maximum absolute atomic E-state index is 12.4. The van der Waals surface area contributed by atoms with E-state index >= 15 is 0 Å². The average molecular weight is 357 g/mol. The summed E-state index contributed by atoms with van der Waals surface area (Å²) in [6, 6.07) is 4.72. The number of ether oxygens (including phenoxy) is 1. The van der Waals surface area contributed by atoms with Crippen LogP contribution in [0.4, 0.5) is 5.69 Å². The minimum atomic E-state index is -4.34. The molecule has 23 heavy (non-hydrogen) atoms. The molecule has 0 atom stereocenters. The normalized spacial score (nSPS) is 11.0. The van der Waals surface area contributed by atoms with Crippen LogP contribution < -0.4 is 4.18 Å². The SMILES string of the molecule is COC(=O)c1sccc1OS(=O)(=O)c1cc([N+](=O)[O-])ccc1C. The summed E-state index contributed by atoms with van der Waals surface area (Å²) in [6.07, 6.45) is 0. The highest BCUT2D eigenvalue weighted by Gasteiger charge is 2.26. The lowest BCUT2D eigenvalue weighted by Crippen LogP contribution is -2.13. The molecule has 0 fully saturated rings. The van der Waals surface area contributed by atoms with Crippen LogP contribution in [0.25, 0.3) is 0 Å². The first kappa shape index (κ1) is 16.9. The molecule has 1 aromatic heterocycles. The Balaban J connectivity index is 2.44. The Labute approximate surface area is 135 Å². The van der Waals surface area contributed by atoms with Crippen molar-refractivity contribution in [3.8, 4) is 5.75 Å². The predicted octanol–water partition coefficient (Wildman–Crippen LogP) is 2.52. The number of methoxy groups -OCH3 is 1. The molecule has 0 N–H and O–H groups in total. The molecular weight excluding hydrogens is 346 g/mol. The molecule has 0 spiro atoms. The molecule has 2 aromatic rings. The number of carbonyl (C=O) groups is 1. The van der Waals surface area contributed by atoms with Crippen LogP contribution in [-0.4, -0.2) is 26.4 Å². The van der Waals surface area contributed by atoms with Gasteiger partial charge in [-0.25, -0.2) is 4.79 Å². The Morgan fingerprint density at radius 2 is 2.00 bits per heavy atom. The molecule has 1 heterocycles. The molecule has 2 rings (SSSR count). The third-order valence-electron chi connectivity index (χ3n) is 2.85. The molecule has 1 aromatic carbocycles. The van der Waals surface area contributed by atoms with Gasteiger partial charge in [0.25, 0.3) is 5.69 Å². The summed E-state index contributed by atoms with van der Waals surface area (Å²) in [6.45, 7) is 1.48. The van der Waals surface area contributed by atoms with E-state index in [1.54, 1.807) is 0 Å². The highest BCUT2D eigenvalue weighted by molar-refractivity contribution is 7.87. The van der Waals surface area contributed by atoms with Crippen LogP contribution in [0.2, 0.25) is 0 Å². The van der Waals surface area contributed by atoms with Crippen molar-refractivity contribution in [2.75, 3.05) is 7.11 Å². The van der Waals surface area contributed by atoms with Gasteiger partial charge in [-0.15, -0.1) is 11.3 Å². The Morgan fingerprint density at radius 1 is 1.30 bits per heavy atom. The van der Waals surface area contributed by atoms with Crippen LogP contribution >= 0.6 is 11.3 Å². The lowest BCUT2D eigenvalue weighted by atomic mass is 10.2. The lowest BCUT2D eigenvalue weighted by Gasteiger charge is -2.09. The zero-order valence-electron chi connectivity index (χ0n) is 12.0. The summed E-state index contributed by atoms with van der Waals surface area (Å²) < 4.78 is 34.2. The van der Waals surface area contributed by atoms with E-state index in [9.17, 15) is 23.3 Å². The number of nitrogens with zero attached hydrogens (tertiary/aromatic N) is 1. The molecule has 10 heteroatoms. The maximum Gasteiger partial charge on any atom is 0.351 e. The van der Waals surface area contributed by atoms with E-state index in [2.05, 4.69) is 4.74 Å². The Hall–Kier alpha value is -2.46. The molecular formula is C13H11NO7S2. The molecule has 0 radical (unpaired) electrons. The van der Waals surface area contributed by atoms with Gasteiger partial charge in [0.1, 0.15) is 4.90 Å². The van der Waals surface area contributed by atoms with Gasteiger partial charge in [-0.1, -0.05) is 6.07 Å². The maximum atomic E-state index is 12.4. The topological polar surface area (TPSA) is 113 Å². The Morgan fingerprint density at radius 3 is 2.61 bits per heavy atom. The van der Waals surface area contributed by atoms with Gasteiger partial charge < -0.3 is 8.92 Å². The largest absolute Gasteiger partial charge is 0.465 e. The fourth-order valence-electron chi connectivity index (χ4n) is 1.74. The Kier molecular flexibility index (Phi) is 4.66. The smallest absolute Gasteiger partial charge is 0.351 e. The molecule has 122 valence electrons. The van der Waals surface area contributed by atoms with Crippen LogP contribution in [0.3, 0.4) is 0 Å². The summed E-state index contributed by atoms with van der Waals surface area (Å²) in [5.41, 5.74) is -0.0956. The van der Waals surface area contributed by atoms with Crippen LogP contribution in [0.15, 0.2) is 34.5 Å². The van der Waals surface area contributed by atoms with Gasteiger partial charge >= 0.3 is 16.1 Å². The van der Waals surface area contributed by atoms with Crippen molar-refractivity contribution in [1.29, 1.82) is 0 Å². The van der Waals surface area contributed by atoms with E-state index < -0.39 is 21.0 Å². The highest BCUT2D eigenvalue weighted by Crippen LogP contribution is 2.30. The number of benzene rings is 1. The van der Waals surface area contributed by atoms with Crippen molar-refractivity contribution in [1.82, 2.24) is 0 Å². The minimum absolute atomic E-state index is 0.0147. The summed E-state index contributed by atoms with van der Waals surface area (Å²) >= 11 is 0.958. The number of rotatable bonds is 5. The van der Waals surface area contributed by atoms with Crippen LogP contribution in [-0.2, 0) is 14.9 Å². The van der Waals surface area contributed by atoms with Gasteiger partial charge in [0.05, 0.1) is 12.0 Å². The average Bonchev–Trinajstić information content (AvgIpc) is 2.93. The highest BCUT2D eigenvalue weighted by atomic mass is 32.2. The van der Waals surface area contributed by atoms with Crippen molar-refractivity contribution in [3.05, 3.63) is 50.2 Å². The number of hydrogen-bond acceptors (Lipinski definition) is 8. The van der Waals surface area contributed by atoms with E-state index in [1.165, 1.54) is 30.5 Å². The van der Waals surface area contributed by atoms with Gasteiger partial charge in [0, 0.05) is 12.1 Å². The van der Waals surface area contributed by atoms with E-state index in [0.29, 0.717) is 0 Å². The molecule has 0 saturated heterocycles. The number of aryl methyl sites for hydroxylation is 1. The summed E-state index contributed by atoms with van der Waals surface area (Å²) in [7, 11) is -3.18. The standard InChI is InChI=1S/C13H11NO7S2/c1-8-3-4-9(14(16)17)7-11(8)23(18,19)21-10-5-6-22-12(10)13(15)20-2/h3-7H,1-2H3. The third kappa shape index (κ3) is 3.48. The van der Waals surface area contributed by atoms with Crippen molar-refractivity contribution in [3.63, 3.8) is 0 Å². The van der Waals surface area contributed by atoms with Crippen molar-refractivity contribution >= 4 is 33.1 Å². The number of esters is 1. The zero-order valence-corrected chi connectivity index (χ0v) is 13.6. The molecule has 0 saturated carbocycles. The van der Waals surface area contributed by atoms with E-state index in [4.69, 9.17) is 4.18 Å². The first-order valence-corrected chi connectivity index (χ1v) is 8.40. The van der Waals surface area contributed by atoms with Crippen molar-refractivity contribution < 1.29 is 27.1 Å². The number of hydrogen-bond donors (Lipinski definition) is 0. The summed E-state index contributed by atoms with van der Waals surface area (Å²) in [4.78, 5) is 21.3. The van der Waals surface area contributed by atoms with Gasteiger partial charge in [0.2, 0.25) is 0 Å². The fourth-order valence-corrected chi connectivity index (χ4v) is 3.72. The molecule has 0 bridgehead atoms. The number of carbonyl (C=O) groups excluding carboxylic acids is 1. The summed E-state index contributed by atoms with van der Waals surface area (Å²) in [5, 5.41) is 12.3. The van der Waals surface area contributed by atoms with Gasteiger partial charge in [-0.05, 0) is 23.9 Å². The lowest BCUT2D eigenvalue weighted by molar-refractivity contribution is -0.385. The van der Waals surface area contributed by atoms with Crippen LogP contribution in [0.5, 0.6) is 5.75 Å². The molecule has 8 nitrogen and oxygen atoms in total. The number of non-ortho nitro benzene ring substituents is 1. The minimum Gasteiger partial charge on any atom is -0.465 e. The van der Waals surface area contributed by atoms with Crippen LogP contribution in [0, 0.1) is 17.0 Å². The van der Waals surface area contributed by atoms with Gasteiger partial charge in [-0.3, -0.25) is 10.1 Å². The van der Waals surface area contributed by atoms with E-state index in [-0.39, 0.29) is 26.8 Å². The molecule has 0 aliphatic carbocycles. The fraction of sp³-hybridized carbons (Fsp3) is 0.154. The Bertz CT molecular complexity index is 870. The first-order valence-electron chi connectivity index (χ1n) is 6.11. The van der Waals surface area contributed by atoms with Crippen LogP contribution in [0.1, 0.15) is 15.2 Å². The summed E-state index contributed by atoms with van der Waals surface area (Å²) in [5.74, 6) is -0.922. The third-order valence-corrected chi connectivity index (χ3v) is 5.10. The first-order chi connectivity index (χ1) is 10.8. The van der Waals surface area contributed by atoms with Crippen molar-refractivity contribution in [2.24, 2.45) is 0 Å². The zero-order chi connectivity index (χ0) is 17.2. The number of thiophene rings is 1. The molecule has 0 aliphatic heterocycles.